The molecule has 7 heteroatoms. The average molecular weight is 236 g/mol. The van der Waals surface area contributed by atoms with Crippen LogP contribution in [0.3, 0.4) is 0 Å². The lowest BCUT2D eigenvalue weighted by Crippen LogP contribution is -2.39. The van der Waals surface area contributed by atoms with Gasteiger partial charge in [0, 0.05) is 6.04 Å². The molecule has 1 heterocycles. The van der Waals surface area contributed by atoms with Gasteiger partial charge in [0.05, 0.1) is 6.10 Å². The lowest BCUT2D eigenvalue weighted by molar-refractivity contribution is 0.0833. The summed E-state index contributed by atoms with van der Waals surface area (Å²) in [6, 6.07) is -0.389. The van der Waals surface area contributed by atoms with Crippen LogP contribution >= 0.6 is 0 Å². The average Bonchev–Trinajstić information content (AvgIpc) is 2.18. The third-order valence-electron chi connectivity index (χ3n) is 2.46. The molecule has 1 aromatic heterocycles. The zero-order valence-electron chi connectivity index (χ0n) is 7.98. The van der Waals surface area contributed by atoms with Gasteiger partial charge in [0.1, 0.15) is 5.69 Å². The van der Waals surface area contributed by atoms with E-state index in [0.717, 1.165) is 0 Å². The molecule has 2 rings (SSSR count). The van der Waals surface area contributed by atoms with E-state index < -0.39 is 35.3 Å². The van der Waals surface area contributed by atoms with Gasteiger partial charge in [-0.05, 0) is 12.8 Å². The minimum atomic E-state index is -1.69. The summed E-state index contributed by atoms with van der Waals surface area (Å²) in [5, 5.41) is 11.3. The van der Waals surface area contributed by atoms with Gasteiger partial charge in [-0.15, -0.1) is 0 Å². The first-order valence-electron chi connectivity index (χ1n) is 4.63. The molecule has 0 atom stereocenters. The number of aromatic nitrogens is 1. The number of rotatable bonds is 2. The van der Waals surface area contributed by atoms with Crippen LogP contribution in [-0.4, -0.2) is 22.2 Å². The minimum absolute atomic E-state index is 0.282. The summed E-state index contributed by atoms with van der Waals surface area (Å²) in [5.41, 5.74) is -0.873. The van der Waals surface area contributed by atoms with Crippen molar-refractivity contribution in [2.75, 3.05) is 5.32 Å². The molecule has 1 saturated carbocycles. The maximum Gasteiger partial charge on any atom is 0.253 e. The van der Waals surface area contributed by atoms with Crippen molar-refractivity contribution in [3.05, 3.63) is 23.5 Å². The number of anilines is 1. The standard InChI is InChI=1S/C9H8F4N2O/c10-5-7(14-3-1-4(16)2-3)6(11)9(13)15-8(5)12/h3-4,16H,1-2H2,(H,14,15). The summed E-state index contributed by atoms with van der Waals surface area (Å²) in [5.74, 6) is -6.50. The lowest BCUT2D eigenvalue weighted by atomic mass is 9.89. The van der Waals surface area contributed by atoms with Crippen LogP contribution in [0.1, 0.15) is 12.8 Å². The number of pyridine rings is 1. The second kappa shape index (κ2) is 3.89. The minimum Gasteiger partial charge on any atom is -0.393 e. The Morgan fingerprint density at radius 1 is 1.06 bits per heavy atom. The van der Waals surface area contributed by atoms with Gasteiger partial charge in [0.2, 0.25) is 11.6 Å². The molecule has 0 spiro atoms. The monoisotopic (exact) mass is 236 g/mol. The molecule has 1 aromatic rings. The van der Waals surface area contributed by atoms with Gasteiger partial charge >= 0.3 is 0 Å². The van der Waals surface area contributed by atoms with E-state index >= 15 is 0 Å². The normalized spacial score (nSPS) is 24.1. The Hall–Kier alpha value is -1.37. The van der Waals surface area contributed by atoms with E-state index in [2.05, 4.69) is 10.3 Å². The quantitative estimate of drug-likeness (QED) is 0.605. The number of nitrogens with zero attached hydrogens (tertiary/aromatic N) is 1. The molecule has 1 aliphatic carbocycles. The molecule has 0 unspecified atom stereocenters. The zero-order chi connectivity index (χ0) is 11.9. The van der Waals surface area contributed by atoms with E-state index in [4.69, 9.17) is 5.11 Å². The molecule has 0 aromatic carbocycles. The molecule has 2 N–H and O–H groups in total. The number of aliphatic hydroxyl groups excluding tert-OH is 1. The Balaban J connectivity index is 2.25. The number of nitrogens with one attached hydrogen (secondary N) is 1. The number of hydrogen-bond acceptors (Lipinski definition) is 3. The van der Waals surface area contributed by atoms with E-state index in [9.17, 15) is 17.6 Å². The molecular weight excluding hydrogens is 228 g/mol. The Labute approximate surface area is 88.1 Å². The highest BCUT2D eigenvalue weighted by molar-refractivity contribution is 5.46. The van der Waals surface area contributed by atoms with Crippen molar-refractivity contribution in [1.82, 2.24) is 4.98 Å². The molecule has 0 radical (unpaired) electrons. The SMILES string of the molecule is OC1CC(Nc2c(F)c(F)nc(F)c2F)C1. The highest BCUT2D eigenvalue weighted by Crippen LogP contribution is 2.28. The van der Waals surface area contributed by atoms with E-state index in [1.807, 2.05) is 0 Å². The molecule has 0 amide bonds. The van der Waals surface area contributed by atoms with Crippen LogP contribution in [-0.2, 0) is 0 Å². The van der Waals surface area contributed by atoms with E-state index in [1.54, 1.807) is 0 Å². The second-order valence-electron chi connectivity index (χ2n) is 3.66. The molecule has 3 nitrogen and oxygen atoms in total. The van der Waals surface area contributed by atoms with Crippen LogP contribution in [0, 0.1) is 23.5 Å². The van der Waals surface area contributed by atoms with Crippen molar-refractivity contribution in [2.24, 2.45) is 0 Å². The Morgan fingerprint density at radius 3 is 2.00 bits per heavy atom. The first-order valence-corrected chi connectivity index (χ1v) is 4.63. The van der Waals surface area contributed by atoms with Crippen LogP contribution in [0.25, 0.3) is 0 Å². The van der Waals surface area contributed by atoms with Gasteiger partial charge in [0.15, 0.2) is 0 Å². The van der Waals surface area contributed by atoms with Gasteiger partial charge in [-0.25, -0.2) is 0 Å². The Kier molecular flexibility index (Phi) is 2.71. The van der Waals surface area contributed by atoms with Crippen molar-refractivity contribution < 1.29 is 22.7 Å². The fraction of sp³-hybridized carbons (Fsp3) is 0.444. The zero-order valence-corrected chi connectivity index (χ0v) is 7.98. The highest BCUT2D eigenvalue weighted by Gasteiger charge is 2.30. The van der Waals surface area contributed by atoms with Gasteiger partial charge < -0.3 is 10.4 Å². The van der Waals surface area contributed by atoms with Crippen molar-refractivity contribution in [1.29, 1.82) is 0 Å². The second-order valence-corrected chi connectivity index (χ2v) is 3.66. The van der Waals surface area contributed by atoms with Gasteiger partial charge in [-0.3, -0.25) is 0 Å². The predicted octanol–water partition coefficient (Wildman–Crippen LogP) is 1.57. The number of aliphatic hydroxyl groups is 1. The third kappa shape index (κ3) is 1.82. The van der Waals surface area contributed by atoms with Crippen molar-refractivity contribution in [3.8, 4) is 0 Å². The number of halogens is 4. The van der Waals surface area contributed by atoms with E-state index in [1.165, 1.54) is 0 Å². The first kappa shape index (κ1) is 11.1. The van der Waals surface area contributed by atoms with Crippen LogP contribution in [0.5, 0.6) is 0 Å². The Morgan fingerprint density at radius 2 is 1.56 bits per heavy atom. The molecular formula is C9H8F4N2O. The van der Waals surface area contributed by atoms with Gasteiger partial charge in [0.25, 0.3) is 11.9 Å². The van der Waals surface area contributed by atoms with Crippen LogP contribution < -0.4 is 5.32 Å². The third-order valence-corrected chi connectivity index (χ3v) is 2.46. The largest absolute Gasteiger partial charge is 0.393 e. The molecule has 0 bridgehead atoms. The van der Waals surface area contributed by atoms with E-state index in [-0.39, 0.29) is 18.9 Å². The van der Waals surface area contributed by atoms with Crippen LogP contribution in [0.15, 0.2) is 0 Å². The van der Waals surface area contributed by atoms with Crippen LogP contribution in [0.2, 0.25) is 0 Å². The summed E-state index contributed by atoms with van der Waals surface area (Å²) in [6.45, 7) is 0. The fourth-order valence-electron chi connectivity index (χ4n) is 1.52. The molecule has 16 heavy (non-hydrogen) atoms. The first-order chi connectivity index (χ1) is 7.49. The maximum atomic E-state index is 13.1. The molecule has 0 saturated heterocycles. The summed E-state index contributed by atoms with van der Waals surface area (Å²) >= 11 is 0. The van der Waals surface area contributed by atoms with Crippen molar-refractivity contribution in [3.63, 3.8) is 0 Å². The molecule has 1 fully saturated rings. The predicted molar refractivity (Wildman–Crippen MR) is 46.7 cm³/mol. The summed E-state index contributed by atoms with van der Waals surface area (Å²) in [4.78, 5) is 2.43. The maximum absolute atomic E-state index is 13.1. The summed E-state index contributed by atoms with van der Waals surface area (Å²) in [6.07, 6.45) is 0.0228. The number of hydrogen-bond donors (Lipinski definition) is 2. The Bertz CT molecular complexity index is 394. The molecule has 1 aliphatic rings. The topological polar surface area (TPSA) is 45.1 Å². The summed E-state index contributed by atoms with van der Waals surface area (Å²) in [7, 11) is 0. The summed E-state index contributed by atoms with van der Waals surface area (Å²) < 4.78 is 51.6. The highest BCUT2D eigenvalue weighted by atomic mass is 19.2. The smallest absolute Gasteiger partial charge is 0.253 e. The fourth-order valence-corrected chi connectivity index (χ4v) is 1.52. The van der Waals surface area contributed by atoms with E-state index in [0.29, 0.717) is 0 Å². The van der Waals surface area contributed by atoms with Crippen LogP contribution in [0.4, 0.5) is 23.2 Å². The van der Waals surface area contributed by atoms with Crippen molar-refractivity contribution in [2.45, 2.75) is 25.0 Å². The van der Waals surface area contributed by atoms with Gasteiger partial charge in [-0.2, -0.15) is 22.5 Å². The van der Waals surface area contributed by atoms with Crippen molar-refractivity contribution >= 4 is 5.69 Å². The molecule has 0 aliphatic heterocycles. The molecule has 88 valence electrons. The van der Waals surface area contributed by atoms with Gasteiger partial charge in [-0.1, -0.05) is 0 Å². The lowest BCUT2D eigenvalue weighted by Gasteiger charge is -2.32.